The van der Waals surface area contributed by atoms with Gasteiger partial charge in [-0.25, -0.2) is 0 Å². The van der Waals surface area contributed by atoms with Crippen LogP contribution < -0.4 is 10.6 Å². The van der Waals surface area contributed by atoms with Crippen molar-refractivity contribution in [3.63, 3.8) is 0 Å². The SMILES string of the molecule is CCCCCC1(CCCCC)O[C@@H]2[C@H](O1)[C@H]1ON(Cc3ccccc3C=C3CCC4O[C@]4(C)CC[C@@H]4[C@@H]3CC4(C)C)[C@@H]3C(=O)O[C@@H]2C[C@]13C(=O)NCc1cccc(C(=O)N[C@H](CO)CCC(=O)OC(C)(C)C)c1. The highest BCUT2D eigenvalue weighted by Crippen LogP contribution is 2.61. The summed E-state index contributed by atoms with van der Waals surface area (Å²) in [6.45, 7) is 16.7. The molecule has 4 saturated heterocycles. The van der Waals surface area contributed by atoms with Gasteiger partial charge in [0, 0.05) is 37.8 Å². The van der Waals surface area contributed by atoms with Gasteiger partial charge in [-0.15, -0.1) is 0 Å². The highest BCUT2D eigenvalue weighted by Gasteiger charge is 2.76. The molecule has 3 saturated carbocycles. The molecule has 4 heterocycles. The van der Waals surface area contributed by atoms with E-state index in [4.69, 9.17) is 28.5 Å². The molecule has 3 aliphatic carbocycles. The fourth-order valence-corrected chi connectivity index (χ4v) is 13.4. The average molecular weight is 1010 g/mol. The maximum absolute atomic E-state index is 15.4. The van der Waals surface area contributed by atoms with Crippen molar-refractivity contribution in [2.24, 2.45) is 22.7 Å². The number of hydroxylamine groups is 2. The Kier molecular flexibility index (Phi) is 15.8. The van der Waals surface area contributed by atoms with Crippen molar-refractivity contribution in [3.8, 4) is 0 Å². The smallest absolute Gasteiger partial charge is 0.327 e. The molecule has 0 aromatic heterocycles. The van der Waals surface area contributed by atoms with Gasteiger partial charge in [-0.1, -0.05) is 101 Å². The van der Waals surface area contributed by atoms with Crippen LogP contribution in [0.2, 0.25) is 0 Å². The summed E-state index contributed by atoms with van der Waals surface area (Å²) >= 11 is 0. The van der Waals surface area contributed by atoms with Crippen LogP contribution in [0.25, 0.3) is 6.08 Å². The number of epoxide rings is 1. The number of hydrogen-bond donors (Lipinski definition) is 3. The minimum Gasteiger partial charge on any atom is -0.460 e. The fraction of sp³-hybridized carbons (Fsp3) is 0.695. The van der Waals surface area contributed by atoms with Crippen LogP contribution in [0.4, 0.5) is 0 Å². The summed E-state index contributed by atoms with van der Waals surface area (Å²) in [4.78, 5) is 63.2. The largest absolute Gasteiger partial charge is 0.460 e. The second kappa shape index (κ2) is 21.4. The third kappa shape index (κ3) is 11.2. The number of benzene rings is 2. The van der Waals surface area contributed by atoms with E-state index in [1.165, 1.54) is 5.57 Å². The quantitative estimate of drug-likeness (QED) is 0.0653. The minimum atomic E-state index is -1.39. The van der Waals surface area contributed by atoms with E-state index in [0.29, 0.717) is 35.8 Å². The molecular weight excluding hydrogens is 927 g/mol. The van der Waals surface area contributed by atoms with E-state index in [-0.39, 0.29) is 62.0 Å². The molecular formula is C59H83N3O11. The molecule has 1 unspecified atom stereocenters. The van der Waals surface area contributed by atoms with Gasteiger partial charge >= 0.3 is 11.9 Å². The van der Waals surface area contributed by atoms with E-state index in [1.54, 1.807) is 44.0 Å². The van der Waals surface area contributed by atoms with Crippen LogP contribution in [0.15, 0.2) is 54.1 Å². The van der Waals surface area contributed by atoms with Crippen molar-refractivity contribution < 1.29 is 52.8 Å². The Balaban J connectivity index is 0.986. The Morgan fingerprint density at radius 3 is 2.38 bits per heavy atom. The summed E-state index contributed by atoms with van der Waals surface area (Å²) in [5.74, 6) is -1.52. The zero-order chi connectivity index (χ0) is 51.9. The maximum atomic E-state index is 15.4. The molecule has 14 nitrogen and oxygen atoms in total. The van der Waals surface area contributed by atoms with Crippen LogP contribution in [-0.2, 0) is 56.0 Å². The predicted molar refractivity (Wildman–Crippen MR) is 275 cm³/mol. The first kappa shape index (κ1) is 53.6. The Morgan fingerprint density at radius 1 is 0.932 bits per heavy atom. The van der Waals surface area contributed by atoms with Gasteiger partial charge in [0.2, 0.25) is 5.91 Å². The van der Waals surface area contributed by atoms with Crippen molar-refractivity contribution in [2.45, 2.75) is 231 Å². The van der Waals surface area contributed by atoms with Gasteiger partial charge in [0.25, 0.3) is 5.91 Å². The summed E-state index contributed by atoms with van der Waals surface area (Å²) in [7, 11) is 0. The first-order valence-corrected chi connectivity index (χ1v) is 27.8. The molecule has 2 amide bonds. The second-order valence-corrected chi connectivity index (χ2v) is 24.4. The zero-order valence-corrected chi connectivity index (χ0v) is 44.8. The molecule has 14 heteroatoms. The van der Waals surface area contributed by atoms with Gasteiger partial charge in [-0.3, -0.25) is 24.0 Å². The van der Waals surface area contributed by atoms with Crippen molar-refractivity contribution in [3.05, 3.63) is 76.4 Å². The number of aliphatic hydroxyl groups is 1. The van der Waals surface area contributed by atoms with Crippen LogP contribution >= 0.6 is 0 Å². The number of rotatable bonds is 20. The Morgan fingerprint density at radius 2 is 1.67 bits per heavy atom. The first-order valence-electron chi connectivity index (χ1n) is 27.8. The lowest BCUT2D eigenvalue weighted by molar-refractivity contribution is -0.224. The van der Waals surface area contributed by atoms with Gasteiger partial charge in [0.15, 0.2) is 11.8 Å². The molecule has 9 rings (SSSR count). The number of nitrogens with one attached hydrogen (secondary N) is 2. The lowest BCUT2D eigenvalue weighted by Gasteiger charge is -2.53. The number of unbranched alkanes of at least 4 members (excludes halogenated alkanes) is 4. The standard InChI is InChI=1S/C59H83N3O11/c1-9-11-15-27-58(28-16-12-10-2)71-48-45-33-59(54(67)60-34-37-18-17-21-40(30-37)52(65)61-42(36-63)23-25-47(64)70-55(3,4)5)50(53(66)68-45)62(73-51(59)49(48)72-58)35-41-20-14-13-19-38(41)31-39-22-24-46-57(8,69-46)29-26-44-43(39)32-56(44,6)7/h13-14,17-21,30-31,42-46,48-51,63H,9-12,15-16,22-29,32-36H2,1-8H3,(H,60,67)(H,61,65)/t42-,43+,44+,45+,46?,48-,49-,50+,51+,57+,59+/m0/s1. The lowest BCUT2D eigenvalue weighted by atomic mass is 9.52. The summed E-state index contributed by atoms with van der Waals surface area (Å²) in [5, 5.41) is 17.8. The van der Waals surface area contributed by atoms with E-state index < -0.39 is 71.1 Å². The highest BCUT2D eigenvalue weighted by atomic mass is 16.8. The van der Waals surface area contributed by atoms with Gasteiger partial charge in [0.05, 0.1) is 30.9 Å². The number of hydrogen-bond acceptors (Lipinski definition) is 12. The molecule has 400 valence electrons. The van der Waals surface area contributed by atoms with E-state index >= 15 is 4.79 Å². The number of nitrogens with zero attached hydrogens (tertiary/aromatic N) is 1. The fourth-order valence-electron chi connectivity index (χ4n) is 13.4. The van der Waals surface area contributed by atoms with Gasteiger partial charge in [-0.2, -0.15) is 5.06 Å². The highest BCUT2D eigenvalue weighted by molar-refractivity contribution is 5.95. The van der Waals surface area contributed by atoms with Crippen molar-refractivity contribution in [1.82, 2.24) is 15.7 Å². The van der Waals surface area contributed by atoms with E-state index in [0.717, 1.165) is 81.8 Å². The predicted octanol–water partition coefficient (Wildman–Crippen LogP) is 9.43. The summed E-state index contributed by atoms with van der Waals surface area (Å²) < 4.78 is 32.3. The third-order valence-corrected chi connectivity index (χ3v) is 17.4. The molecule has 4 aliphatic heterocycles. The first-order chi connectivity index (χ1) is 34.8. The molecule has 2 aromatic carbocycles. The number of fused-ring (bicyclic) bond motifs is 6. The summed E-state index contributed by atoms with van der Waals surface area (Å²) in [6.07, 6.45) is 13.0. The molecule has 7 aliphatic rings. The van der Waals surface area contributed by atoms with Gasteiger partial charge in [-0.05, 0) is 125 Å². The number of carbonyl (C=O) groups is 4. The Labute approximate surface area is 433 Å². The molecule has 0 radical (unpaired) electrons. The zero-order valence-electron chi connectivity index (χ0n) is 44.8. The number of amides is 2. The summed E-state index contributed by atoms with van der Waals surface area (Å²) in [6, 6.07) is 13.5. The van der Waals surface area contributed by atoms with Crippen LogP contribution in [0.1, 0.15) is 185 Å². The lowest BCUT2D eigenvalue weighted by Crippen LogP contribution is -2.69. The van der Waals surface area contributed by atoms with Crippen LogP contribution in [0.5, 0.6) is 0 Å². The van der Waals surface area contributed by atoms with Crippen molar-refractivity contribution in [2.75, 3.05) is 6.61 Å². The number of esters is 2. The van der Waals surface area contributed by atoms with Crippen LogP contribution in [0.3, 0.4) is 0 Å². The normalized spacial score (nSPS) is 32.6. The average Bonchev–Trinajstić information content (AvgIpc) is 3.62. The van der Waals surface area contributed by atoms with Gasteiger partial charge < -0.3 is 39.4 Å². The molecule has 2 aromatic rings. The molecule has 3 N–H and O–H groups in total. The Bertz CT molecular complexity index is 2370. The van der Waals surface area contributed by atoms with Crippen LogP contribution in [-0.4, -0.2) is 100 Å². The molecule has 11 atom stereocenters. The molecule has 0 spiro atoms. The van der Waals surface area contributed by atoms with Crippen LogP contribution in [0, 0.1) is 22.7 Å². The number of carbonyl (C=O) groups excluding carboxylic acids is 4. The second-order valence-electron chi connectivity index (χ2n) is 24.4. The third-order valence-electron chi connectivity index (χ3n) is 17.4. The van der Waals surface area contributed by atoms with E-state index in [9.17, 15) is 19.5 Å². The maximum Gasteiger partial charge on any atom is 0.327 e. The number of aliphatic hydroxyl groups excluding tert-OH is 1. The number of ether oxygens (including phenoxy) is 5. The molecule has 7 fully saturated rings. The molecule has 2 bridgehead atoms. The summed E-state index contributed by atoms with van der Waals surface area (Å²) in [5.41, 5.74) is 2.72. The minimum absolute atomic E-state index is 0.0150. The van der Waals surface area contributed by atoms with E-state index in [2.05, 4.69) is 69.5 Å². The van der Waals surface area contributed by atoms with E-state index in [1.807, 2.05) is 12.1 Å². The molecule has 73 heavy (non-hydrogen) atoms. The monoisotopic (exact) mass is 1010 g/mol. The topological polar surface area (TPSA) is 174 Å². The van der Waals surface area contributed by atoms with Gasteiger partial charge in [0.1, 0.15) is 35.4 Å². The van der Waals surface area contributed by atoms with Crippen molar-refractivity contribution in [1.29, 1.82) is 0 Å². The number of allylic oxidation sites excluding steroid dienone is 1. The van der Waals surface area contributed by atoms with Crippen molar-refractivity contribution >= 4 is 29.8 Å². The Hall–Kier alpha value is -4.18.